The van der Waals surface area contributed by atoms with E-state index in [9.17, 15) is 4.79 Å². The number of amides is 1. The van der Waals surface area contributed by atoms with Crippen LogP contribution < -0.4 is 5.32 Å². The highest BCUT2D eigenvalue weighted by Gasteiger charge is 2.27. The minimum absolute atomic E-state index is 0.149. The Hall–Kier alpha value is -0.610. The van der Waals surface area contributed by atoms with Crippen molar-refractivity contribution < 1.29 is 9.53 Å². The van der Waals surface area contributed by atoms with Crippen molar-refractivity contribution in [3.05, 3.63) is 0 Å². The van der Waals surface area contributed by atoms with E-state index in [1.807, 2.05) is 11.9 Å². The second-order valence-electron chi connectivity index (χ2n) is 5.08. The number of carbonyl (C=O) groups excluding carboxylic acids is 1. The van der Waals surface area contributed by atoms with Crippen molar-refractivity contribution in [1.82, 2.24) is 10.2 Å². The SMILES string of the molecule is CCCCC(CC)C(=O)N1CCOC(CNC)C1. The standard InChI is InChI=1S/C14H28N2O2/c1-4-6-7-12(5-2)14(17)16-8-9-18-13(11-16)10-15-3/h12-13,15H,4-11H2,1-3H3. The summed E-state index contributed by atoms with van der Waals surface area (Å²) in [5.41, 5.74) is 0. The molecule has 1 fully saturated rings. The van der Waals surface area contributed by atoms with E-state index in [1.54, 1.807) is 0 Å². The average Bonchev–Trinajstić information content (AvgIpc) is 2.40. The van der Waals surface area contributed by atoms with Crippen LogP contribution in [0.3, 0.4) is 0 Å². The van der Waals surface area contributed by atoms with Gasteiger partial charge in [0.2, 0.25) is 5.91 Å². The molecule has 106 valence electrons. The first-order valence-corrected chi connectivity index (χ1v) is 7.27. The van der Waals surface area contributed by atoms with Crippen LogP contribution in [0.4, 0.5) is 0 Å². The Morgan fingerprint density at radius 3 is 2.89 bits per heavy atom. The number of unbranched alkanes of at least 4 members (excludes halogenated alkanes) is 1. The van der Waals surface area contributed by atoms with E-state index in [1.165, 1.54) is 0 Å². The summed E-state index contributed by atoms with van der Waals surface area (Å²) >= 11 is 0. The lowest BCUT2D eigenvalue weighted by molar-refractivity contribution is -0.143. The lowest BCUT2D eigenvalue weighted by atomic mass is 9.97. The summed E-state index contributed by atoms with van der Waals surface area (Å²) in [6.07, 6.45) is 4.44. The Morgan fingerprint density at radius 2 is 2.28 bits per heavy atom. The van der Waals surface area contributed by atoms with Gasteiger partial charge in [0.1, 0.15) is 0 Å². The molecule has 1 aliphatic heterocycles. The third-order valence-corrected chi connectivity index (χ3v) is 3.63. The van der Waals surface area contributed by atoms with Crippen LogP contribution in [0.1, 0.15) is 39.5 Å². The van der Waals surface area contributed by atoms with E-state index in [2.05, 4.69) is 19.2 Å². The summed E-state index contributed by atoms with van der Waals surface area (Å²) in [5, 5.41) is 3.11. The fraction of sp³-hybridized carbons (Fsp3) is 0.929. The van der Waals surface area contributed by atoms with Crippen molar-refractivity contribution in [1.29, 1.82) is 0 Å². The molecule has 1 rings (SSSR count). The van der Waals surface area contributed by atoms with Crippen LogP contribution in [0.15, 0.2) is 0 Å². The third-order valence-electron chi connectivity index (χ3n) is 3.63. The van der Waals surface area contributed by atoms with E-state index in [4.69, 9.17) is 4.74 Å². The van der Waals surface area contributed by atoms with E-state index >= 15 is 0 Å². The Bertz CT molecular complexity index is 244. The van der Waals surface area contributed by atoms with Gasteiger partial charge in [0.05, 0.1) is 12.7 Å². The van der Waals surface area contributed by atoms with Gasteiger partial charge >= 0.3 is 0 Å². The Labute approximate surface area is 111 Å². The molecule has 0 aliphatic carbocycles. The minimum Gasteiger partial charge on any atom is -0.373 e. The fourth-order valence-electron chi connectivity index (χ4n) is 2.48. The number of carbonyl (C=O) groups is 1. The van der Waals surface area contributed by atoms with Crippen molar-refractivity contribution in [3.8, 4) is 0 Å². The first-order valence-electron chi connectivity index (χ1n) is 7.27. The molecule has 0 saturated carbocycles. The number of likely N-dealkylation sites (N-methyl/N-ethyl adjacent to an activating group) is 1. The number of hydrogen-bond acceptors (Lipinski definition) is 3. The molecule has 1 amide bonds. The van der Waals surface area contributed by atoms with Gasteiger partial charge in [-0.05, 0) is 19.9 Å². The van der Waals surface area contributed by atoms with Crippen LogP contribution in [0.5, 0.6) is 0 Å². The lowest BCUT2D eigenvalue weighted by Crippen LogP contribution is -2.50. The molecule has 0 radical (unpaired) electrons. The van der Waals surface area contributed by atoms with Crippen molar-refractivity contribution in [2.24, 2.45) is 5.92 Å². The number of ether oxygens (including phenoxy) is 1. The van der Waals surface area contributed by atoms with E-state index in [0.29, 0.717) is 12.5 Å². The maximum atomic E-state index is 12.4. The summed E-state index contributed by atoms with van der Waals surface area (Å²) in [7, 11) is 1.92. The molecule has 1 N–H and O–H groups in total. The van der Waals surface area contributed by atoms with Gasteiger partial charge in [-0.1, -0.05) is 26.7 Å². The predicted molar refractivity (Wildman–Crippen MR) is 73.6 cm³/mol. The first kappa shape index (κ1) is 15.4. The molecule has 2 atom stereocenters. The number of rotatable bonds is 7. The van der Waals surface area contributed by atoms with Crippen LogP contribution in [0.25, 0.3) is 0 Å². The second-order valence-corrected chi connectivity index (χ2v) is 5.08. The van der Waals surface area contributed by atoms with E-state index < -0.39 is 0 Å². The smallest absolute Gasteiger partial charge is 0.225 e. The van der Waals surface area contributed by atoms with Gasteiger partial charge in [0.25, 0.3) is 0 Å². The highest BCUT2D eigenvalue weighted by Crippen LogP contribution is 2.17. The molecule has 1 aliphatic rings. The van der Waals surface area contributed by atoms with Gasteiger partial charge < -0.3 is 15.0 Å². The number of hydrogen-bond donors (Lipinski definition) is 1. The summed E-state index contributed by atoms with van der Waals surface area (Å²) < 4.78 is 5.64. The molecule has 2 unspecified atom stereocenters. The molecule has 0 aromatic rings. The fourth-order valence-corrected chi connectivity index (χ4v) is 2.48. The molecular formula is C14H28N2O2. The van der Waals surface area contributed by atoms with Gasteiger partial charge in [-0.2, -0.15) is 0 Å². The topological polar surface area (TPSA) is 41.6 Å². The maximum absolute atomic E-state index is 12.4. The molecule has 4 nitrogen and oxygen atoms in total. The third kappa shape index (κ3) is 4.58. The van der Waals surface area contributed by atoms with Crippen LogP contribution in [-0.4, -0.2) is 50.2 Å². The lowest BCUT2D eigenvalue weighted by Gasteiger charge is -2.35. The van der Waals surface area contributed by atoms with Gasteiger partial charge in [0, 0.05) is 25.6 Å². The van der Waals surface area contributed by atoms with Crippen molar-refractivity contribution in [3.63, 3.8) is 0 Å². The normalized spacial score (nSPS) is 21.9. The van der Waals surface area contributed by atoms with Crippen LogP contribution >= 0.6 is 0 Å². The van der Waals surface area contributed by atoms with Gasteiger partial charge in [-0.25, -0.2) is 0 Å². The maximum Gasteiger partial charge on any atom is 0.225 e. The molecule has 1 saturated heterocycles. The Morgan fingerprint density at radius 1 is 1.50 bits per heavy atom. The second kappa shape index (κ2) is 8.48. The predicted octanol–water partition coefficient (Wildman–Crippen LogP) is 1.65. The van der Waals surface area contributed by atoms with Gasteiger partial charge in [-0.3, -0.25) is 4.79 Å². The number of nitrogens with one attached hydrogen (secondary N) is 1. The molecule has 0 bridgehead atoms. The van der Waals surface area contributed by atoms with Crippen molar-refractivity contribution >= 4 is 5.91 Å². The molecule has 0 aromatic heterocycles. The van der Waals surface area contributed by atoms with E-state index in [0.717, 1.165) is 45.3 Å². The zero-order valence-electron chi connectivity index (χ0n) is 12.1. The van der Waals surface area contributed by atoms with Crippen LogP contribution in [-0.2, 0) is 9.53 Å². The molecule has 18 heavy (non-hydrogen) atoms. The zero-order chi connectivity index (χ0) is 13.4. The molecule has 4 heteroatoms. The molecule has 0 aromatic carbocycles. The van der Waals surface area contributed by atoms with Crippen molar-refractivity contribution in [2.75, 3.05) is 33.3 Å². The number of morpholine rings is 1. The van der Waals surface area contributed by atoms with Gasteiger partial charge in [0.15, 0.2) is 0 Å². The first-order chi connectivity index (χ1) is 8.72. The molecule has 1 heterocycles. The van der Waals surface area contributed by atoms with Crippen LogP contribution in [0, 0.1) is 5.92 Å². The minimum atomic E-state index is 0.149. The molecule has 0 spiro atoms. The van der Waals surface area contributed by atoms with Crippen molar-refractivity contribution in [2.45, 2.75) is 45.6 Å². The summed E-state index contributed by atoms with van der Waals surface area (Å²) in [6, 6.07) is 0. The summed E-state index contributed by atoms with van der Waals surface area (Å²) in [5.74, 6) is 0.536. The van der Waals surface area contributed by atoms with Gasteiger partial charge in [-0.15, -0.1) is 0 Å². The largest absolute Gasteiger partial charge is 0.373 e. The highest BCUT2D eigenvalue weighted by atomic mass is 16.5. The van der Waals surface area contributed by atoms with Crippen LogP contribution in [0.2, 0.25) is 0 Å². The molecular weight excluding hydrogens is 228 g/mol. The Kier molecular flexibility index (Phi) is 7.28. The summed E-state index contributed by atoms with van der Waals surface area (Å²) in [4.78, 5) is 14.4. The summed E-state index contributed by atoms with van der Waals surface area (Å²) in [6.45, 7) is 7.26. The highest BCUT2D eigenvalue weighted by molar-refractivity contribution is 5.78. The Balaban J connectivity index is 2.47. The number of nitrogens with zero attached hydrogens (tertiary/aromatic N) is 1. The van der Waals surface area contributed by atoms with E-state index in [-0.39, 0.29) is 12.0 Å². The average molecular weight is 256 g/mol. The zero-order valence-corrected chi connectivity index (χ0v) is 12.1. The monoisotopic (exact) mass is 256 g/mol. The quantitative estimate of drug-likeness (QED) is 0.753.